The zero-order valence-corrected chi connectivity index (χ0v) is 8.44. The summed E-state index contributed by atoms with van der Waals surface area (Å²) in [5, 5.41) is 2.49. The Morgan fingerprint density at radius 2 is 1.62 bits per heavy atom. The Hall–Kier alpha value is -2.07. The lowest BCUT2D eigenvalue weighted by Gasteiger charge is -2.01. The highest BCUT2D eigenvalue weighted by molar-refractivity contribution is 6.02. The SMILES string of the molecule is C1=NC=c2c1c1c(c3c2C=[NH+]C3)=CN=C1.[OH-]. The van der Waals surface area contributed by atoms with Crippen LogP contribution in [0.25, 0.3) is 12.4 Å². The van der Waals surface area contributed by atoms with E-state index in [0.29, 0.717) is 0 Å². The summed E-state index contributed by atoms with van der Waals surface area (Å²) in [5.41, 5.74) is 5.06. The van der Waals surface area contributed by atoms with Crippen molar-refractivity contribution in [3.05, 3.63) is 32.7 Å². The Morgan fingerprint density at radius 1 is 0.938 bits per heavy atom. The van der Waals surface area contributed by atoms with Crippen molar-refractivity contribution in [3.8, 4) is 0 Å². The second-order valence-corrected chi connectivity index (χ2v) is 3.89. The predicted octanol–water partition coefficient (Wildman–Crippen LogP) is -2.14. The number of fused-ring (bicyclic) bond motifs is 6. The van der Waals surface area contributed by atoms with Crippen LogP contribution in [0.15, 0.2) is 9.98 Å². The Kier molecular flexibility index (Phi) is 1.70. The van der Waals surface area contributed by atoms with Gasteiger partial charge in [-0.15, -0.1) is 0 Å². The molecule has 0 unspecified atom stereocenters. The highest BCUT2D eigenvalue weighted by Crippen LogP contribution is 2.09. The zero-order chi connectivity index (χ0) is 9.83. The molecule has 1 aromatic rings. The number of hydrogen-bond donors (Lipinski definition) is 1. The molecule has 3 heterocycles. The number of hydrogen-bond acceptors (Lipinski definition) is 3. The lowest BCUT2D eigenvalue weighted by atomic mass is 9.97. The third-order valence-electron chi connectivity index (χ3n) is 3.15. The standard InChI is InChI=1S/C12H7N3.H2O/c1-7-8(2-13-1)10-4-15-6-12(10)11-5-14-3-9(7)11;/h1-5H,6H2;1H2. The largest absolute Gasteiger partial charge is 0.870 e. The van der Waals surface area contributed by atoms with E-state index in [9.17, 15) is 0 Å². The maximum atomic E-state index is 4.24. The van der Waals surface area contributed by atoms with Gasteiger partial charge in [0.1, 0.15) is 0 Å². The zero-order valence-electron chi connectivity index (χ0n) is 8.44. The molecule has 0 saturated heterocycles. The second kappa shape index (κ2) is 2.96. The quantitative estimate of drug-likeness (QED) is 0.523. The number of benzene rings is 1. The molecule has 4 nitrogen and oxygen atoms in total. The van der Waals surface area contributed by atoms with E-state index in [2.05, 4.69) is 21.2 Å². The molecule has 0 spiro atoms. The predicted molar refractivity (Wildman–Crippen MR) is 61.6 cm³/mol. The van der Waals surface area contributed by atoms with Crippen LogP contribution in [0.1, 0.15) is 22.3 Å². The molecule has 0 aromatic heterocycles. The fraction of sp³-hybridized carbons (Fsp3) is 0.0833. The summed E-state index contributed by atoms with van der Waals surface area (Å²) in [6.07, 6.45) is 9.81. The molecule has 0 amide bonds. The molecule has 0 atom stereocenters. The van der Waals surface area contributed by atoms with Gasteiger partial charge in [-0.25, -0.2) is 4.99 Å². The first-order chi connectivity index (χ1) is 7.45. The summed E-state index contributed by atoms with van der Waals surface area (Å²) < 4.78 is 0. The number of nitrogens with zero attached hydrogens (tertiary/aromatic N) is 2. The van der Waals surface area contributed by atoms with E-state index in [1.165, 1.54) is 32.7 Å². The van der Waals surface area contributed by atoms with E-state index in [1.54, 1.807) is 0 Å². The number of nitrogens with one attached hydrogen (secondary N) is 1. The van der Waals surface area contributed by atoms with Crippen LogP contribution in [0.4, 0.5) is 0 Å². The normalized spacial score (nSPS) is 16.2. The summed E-state index contributed by atoms with van der Waals surface area (Å²) in [4.78, 5) is 11.7. The van der Waals surface area contributed by atoms with E-state index >= 15 is 0 Å². The van der Waals surface area contributed by atoms with Gasteiger partial charge in [-0.2, -0.15) is 0 Å². The van der Waals surface area contributed by atoms with E-state index in [1.807, 2.05) is 24.8 Å². The van der Waals surface area contributed by atoms with Gasteiger partial charge in [0, 0.05) is 52.0 Å². The molecular formula is C12H9N3O. The molecule has 4 rings (SSSR count). The summed E-state index contributed by atoms with van der Waals surface area (Å²) in [6, 6.07) is 0. The maximum absolute atomic E-state index is 4.24. The highest BCUT2D eigenvalue weighted by Gasteiger charge is 2.22. The molecule has 3 aliphatic heterocycles. The third kappa shape index (κ3) is 0.894. The van der Waals surface area contributed by atoms with Crippen molar-refractivity contribution in [2.24, 2.45) is 9.98 Å². The minimum absolute atomic E-state index is 0. The van der Waals surface area contributed by atoms with Crippen molar-refractivity contribution in [1.29, 1.82) is 0 Å². The molecule has 0 aliphatic carbocycles. The van der Waals surface area contributed by atoms with Gasteiger partial charge < -0.3 is 5.48 Å². The Morgan fingerprint density at radius 3 is 2.44 bits per heavy atom. The van der Waals surface area contributed by atoms with Crippen molar-refractivity contribution in [1.82, 2.24) is 0 Å². The van der Waals surface area contributed by atoms with Gasteiger partial charge in [0.2, 0.25) is 0 Å². The lowest BCUT2D eigenvalue weighted by Crippen LogP contribution is -2.64. The van der Waals surface area contributed by atoms with Crippen molar-refractivity contribution >= 4 is 31.0 Å². The average Bonchev–Trinajstić information content (AvgIpc) is 2.97. The van der Waals surface area contributed by atoms with E-state index < -0.39 is 0 Å². The highest BCUT2D eigenvalue weighted by atomic mass is 16.0. The van der Waals surface area contributed by atoms with Crippen LogP contribution in [0.2, 0.25) is 0 Å². The van der Waals surface area contributed by atoms with Gasteiger partial charge in [0.15, 0.2) is 12.8 Å². The van der Waals surface area contributed by atoms with Crippen LogP contribution >= 0.6 is 0 Å². The molecule has 1 aromatic carbocycles. The minimum Gasteiger partial charge on any atom is -0.870 e. The summed E-state index contributed by atoms with van der Waals surface area (Å²) in [6.45, 7) is 0.901. The third-order valence-corrected chi connectivity index (χ3v) is 3.15. The van der Waals surface area contributed by atoms with Crippen LogP contribution in [-0.2, 0) is 6.54 Å². The molecule has 16 heavy (non-hydrogen) atoms. The van der Waals surface area contributed by atoms with Crippen LogP contribution < -0.4 is 15.4 Å². The molecule has 2 N–H and O–H groups in total. The van der Waals surface area contributed by atoms with Crippen molar-refractivity contribution in [3.63, 3.8) is 0 Å². The minimum atomic E-state index is 0. The van der Waals surface area contributed by atoms with Crippen molar-refractivity contribution in [2.45, 2.75) is 6.54 Å². The fourth-order valence-corrected chi connectivity index (χ4v) is 2.45. The molecular weight excluding hydrogens is 202 g/mol. The van der Waals surface area contributed by atoms with Gasteiger partial charge >= 0.3 is 0 Å². The monoisotopic (exact) mass is 211 g/mol. The molecule has 0 fully saturated rings. The topological polar surface area (TPSA) is 68.7 Å². The second-order valence-electron chi connectivity index (χ2n) is 3.89. The summed E-state index contributed by atoms with van der Waals surface area (Å²) in [5.74, 6) is 0. The average molecular weight is 211 g/mol. The van der Waals surface area contributed by atoms with Gasteiger partial charge in [0.05, 0.1) is 5.56 Å². The fourth-order valence-electron chi connectivity index (χ4n) is 2.45. The van der Waals surface area contributed by atoms with E-state index in [0.717, 1.165) is 6.54 Å². The van der Waals surface area contributed by atoms with Gasteiger partial charge in [-0.1, -0.05) is 0 Å². The number of aliphatic imine (C=N–C) groups is 2. The van der Waals surface area contributed by atoms with E-state index in [-0.39, 0.29) is 5.48 Å². The molecule has 0 radical (unpaired) electrons. The molecule has 0 bridgehead atoms. The Labute approximate surface area is 91.4 Å². The van der Waals surface area contributed by atoms with Crippen LogP contribution in [0.3, 0.4) is 0 Å². The summed E-state index contributed by atoms with van der Waals surface area (Å²) >= 11 is 0. The Bertz CT molecular complexity index is 689. The lowest BCUT2D eigenvalue weighted by molar-refractivity contribution is -0.464. The molecule has 3 aliphatic rings. The van der Waals surface area contributed by atoms with Crippen LogP contribution in [0, 0.1) is 0 Å². The van der Waals surface area contributed by atoms with Gasteiger partial charge in [-0.05, 0) is 0 Å². The number of rotatable bonds is 0. The molecule has 0 saturated carbocycles. The Balaban J connectivity index is 0.000000810. The first-order valence-corrected chi connectivity index (χ1v) is 4.97. The maximum Gasteiger partial charge on any atom is 0.170 e. The van der Waals surface area contributed by atoms with E-state index in [4.69, 9.17) is 0 Å². The van der Waals surface area contributed by atoms with Gasteiger partial charge in [-0.3, -0.25) is 9.98 Å². The first kappa shape index (κ1) is 9.18. The van der Waals surface area contributed by atoms with Gasteiger partial charge in [0.25, 0.3) is 0 Å². The van der Waals surface area contributed by atoms with Crippen molar-refractivity contribution in [2.75, 3.05) is 0 Å². The summed E-state index contributed by atoms with van der Waals surface area (Å²) in [7, 11) is 0. The van der Waals surface area contributed by atoms with Crippen LogP contribution in [-0.4, -0.2) is 24.1 Å². The smallest absolute Gasteiger partial charge is 0.170 e. The molecule has 78 valence electrons. The molecule has 4 heteroatoms. The first-order valence-electron chi connectivity index (χ1n) is 4.97. The van der Waals surface area contributed by atoms with Crippen LogP contribution in [0.5, 0.6) is 0 Å². The van der Waals surface area contributed by atoms with Crippen molar-refractivity contribution < 1.29 is 10.5 Å².